The molecule has 184 valence electrons. The molecule has 1 aliphatic heterocycles. The van der Waals surface area contributed by atoms with Crippen LogP contribution in [-0.2, 0) is 27.6 Å². The second kappa shape index (κ2) is 10.4. The summed E-state index contributed by atoms with van der Waals surface area (Å²) >= 11 is 6.15. The van der Waals surface area contributed by atoms with Crippen LogP contribution >= 0.6 is 6.42 Å². The van der Waals surface area contributed by atoms with Crippen LogP contribution in [0.1, 0.15) is 35.5 Å². The van der Waals surface area contributed by atoms with E-state index in [9.17, 15) is 13.6 Å². The highest BCUT2D eigenvalue weighted by atomic mass is 32.4. The van der Waals surface area contributed by atoms with Gasteiger partial charge >= 0.3 is 5.97 Å². The molecule has 1 unspecified atom stereocenters. The molecule has 2 aromatic carbocycles. The second-order valence-corrected chi connectivity index (χ2v) is 11.5. The molecule has 2 heterocycles. The van der Waals surface area contributed by atoms with Crippen molar-refractivity contribution in [3.63, 3.8) is 0 Å². The minimum Gasteiger partial charge on any atom is -0.460 e. The quantitative estimate of drug-likeness (QED) is 0.318. The van der Waals surface area contributed by atoms with Gasteiger partial charge in [0.25, 0.3) is 0 Å². The van der Waals surface area contributed by atoms with Crippen molar-refractivity contribution in [1.82, 2.24) is 14.5 Å². The van der Waals surface area contributed by atoms with E-state index >= 15 is 0 Å². The van der Waals surface area contributed by atoms with Gasteiger partial charge in [0.1, 0.15) is 23.5 Å². The minimum atomic E-state index is -2.75. The molecule has 0 saturated carbocycles. The Kier molecular flexibility index (Phi) is 7.44. The smallest absolute Gasteiger partial charge is 0.338 e. The number of rotatable bonds is 8. The van der Waals surface area contributed by atoms with Crippen LogP contribution in [0.3, 0.4) is 0 Å². The molecule has 1 aliphatic rings. The zero-order valence-corrected chi connectivity index (χ0v) is 21.3. The fourth-order valence-electron chi connectivity index (χ4n) is 3.84. The van der Waals surface area contributed by atoms with Crippen LogP contribution in [-0.4, -0.2) is 46.0 Å². The van der Waals surface area contributed by atoms with Gasteiger partial charge in [-0.3, -0.25) is 0 Å². The molecule has 0 amide bonds. The molecule has 0 bridgehead atoms. The number of carbonyl (C=O) groups excluding carboxylic acids is 1. The van der Waals surface area contributed by atoms with E-state index in [4.69, 9.17) is 26.1 Å². The standard InChI is InChI=1S/C24H25F2N4O3PS/c1-4-29(5-2)34(35)21-16(3)28-30(14-15-32-24(31)18-8-12-20(26)13-9-18)22(21)27-23(33-34)17-6-10-19(25)11-7-17/h6-13H,4-5,14-15H2,1-3H3. The first-order valence-corrected chi connectivity index (χ1v) is 13.8. The highest BCUT2D eigenvalue weighted by molar-refractivity contribution is 8.15. The molecular weight excluding hydrogens is 493 g/mol. The van der Waals surface area contributed by atoms with Crippen LogP contribution in [0.5, 0.6) is 0 Å². The first kappa shape index (κ1) is 25.2. The molecule has 0 spiro atoms. The lowest BCUT2D eigenvalue weighted by atomic mass is 10.2. The van der Waals surface area contributed by atoms with Crippen LogP contribution < -0.4 is 5.30 Å². The van der Waals surface area contributed by atoms with Gasteiger partial charge in [0, 0.05) is 18.7 Å². The lowest BCUT2D eigenvalue weighted by Gasteiger charge is -2.35. The number of hydrogen-bond acceptors (Lipinski definition) is 6. The highest BCUT2D eigenvalue weighted by Crippen LogP contribution is 2.55. The highest BCUT2D eigenvalue weighted by Gasteiger charge is 2.40. The Morgan fingerprint density at radius 1 is 1.09 bits per heavy atom. The van der Waals surface area contributed by atoms with Gasteiger partial charge < -0.3 is 9.26 Å². The Bertz CT molecular complexity index is 1310. The molecule has 35 heavy (non-hydrogen) atoms. The maximum Gasteiger partial charge on any atom is 0.338 e. The minimum absolute atomic E-state index is 0.0279. The molecule has 0 radical (unpaired) electrons. The van der Waals surface area contributed by atoms with Crippen molar-refractivity contribution in [3.05, 3.63) is 77.0 Å². The third kappa shape index (κ3) is 5.05. The maximum absolute atomic E-state index is 13.5. The number of nitrogens with zero attached hydrogens (tertiary/aromatic N) is 4. The van der Waals surface area contributed by atoms with Crippen molar-refractivity contribution >= 4 is 41.2 Å². The summed E-state index contributed by atoms with van der Waals surface area (Å²) in [6, 6.07) is 11.0. The molecule has 11 heteroatoms. The van der Waals surface area contributed by atoms with E-state index in [0.29, 0.717) is 36.1 Å². The molecule has 0 aliphatic carbocycles. The predicted octanol–water partition coefficient (Wildman–Crippen LogP) is 4.71. The lowest BCUT2D eigenvalue weighted by Crippen LogP contribution is -2.32. The van der Waals surface area contributed by atoms with Crippen molar-refractivity contribution in [2.45, 2.75) is 27.3 Å². The Labute approximate surface area is 207 Å². The van der Waals surface area contributed by atoms with E-state index in [1.165, 1.54) is 36.4 Å². The van der Waals surface area contributed by atoms with Crippen molar-refractivity contribution < 1.29 is 22.8 Å². The Balaban J connectivity index is 1.66. The number of hydrogen-bond donors (Lipinski definition) is 0. The van der Waals surface area contributed by atoms with Gasteiger partial charge in [0.15, 0.2) is 5.82 Å². The molecule has 1 aromatic heterocycles. The number of carbonyl (C=O) groups is 1. The first-order valence-electron chi connectivity index (χ1n) is 11.2. The number of ether oxygens (including phenoxy) is 1. The van der Waals surface area contributed by atoms with Gasteiger partial charge in [0.2, 0.25) is 12.3 Å². The van der Waals surface area contributed by atoms with E-state index < -0.39 is 18.2 Å². The van der Waals surface area contributed by atoms with Gasteiger partial charge in [-0.15, -0.1) is 0 Å². The molecule has 3 aromatic rings. The van der Waals surface area contributed by atoms with Crippen LogP contribution in [0.2, 0.25) is 0 Å². The first-order chi connectivity index (χ1) is 16.8. The van der Waals surface area contributed by atoms with Crippen molar-refractivity contribution in [1.29, 1.82) is 0 Å². The Hall–Kier alpha value is -2.94. The van der Waals surface area contributed by atoms with Crippen LogP contribution in [0, 0.1) is 18.6 Å². The molecule has 0 fully saturated rings. The van der Waals surface area contributed by atoms with Crippen LogP contribution in [0.4, 0.5) is 14.6 Å². The fraction of sp³-hybridized carbons (Fsp3) is 0.292. The lowest BCUT2D eigenvalue weighted by molar-refractivity contribution is 0.0488. The summed E-state index contributed by atoms with van der Waals surface area (Å²) in [7, 11) is 0. The summed E-state index contributed by atoms with van der Waals surface area (Å²) < 4.78 is 42.1. The molecule has 0 N–H and O–H groups in total. The summed E-state index contributed by atoms with van der Waals surface area (Å²) in [5, 5.41) is 5.38. The van der Waals surface area contributed by atoms with Gasteiger partial charge in [0.05, 0.1) is 17.8 Å². The van der Waals surface area contributed by atoms with Gasteiger partial charge in [-0.05, 0) is 67.3 Å². The largest absolute Gasteiger partial charge is 0.460 e. The number of aryl methyl sites for hydroxylation is 1. The zero-order chi connectivity index (χ0) is 25.2. The van der Waals surface area contributed by atoms with Gasteiger partial charge in [-0.25, -0.2) is 22.9 Å². The topological polar surface area (TPSA) is 68.9 Å². The van der Waals surface area contributed by atoms with Crippen LogP contribution in [0.25, 0.3) is 0 Å². The zero-order valence-electron chi connectivity index (χ0n) is 19.6. The maximum atomic E-state index is 13.5. The average Bonchev–Trinajstić information content (AvgIpc) is 3.16. The molecule has 4 rings (SSSR count). The number of aliphatic imine (C=N–C) groups is 1. The number of esters is 1. The average molecular weight is 519 g/mol. The summed E-state index contributed by atoms with van der Waals surface area (Å²) in [5.41, 5.74) is 1.56. The second-order valence-electron chi connectivity index (χ2n) is 7.80. The third-order valence-corrected chi connectivity index (χ3v) is 9.86. The molecule has 1 atom stereocenters. The van der Waals surface area contributed by atoms with Gasteiger partial charge in [-0.1, -0.05) is 13.8 Å². The van der Waals surface area contributed by atoms with E-state index in [0.717, 1.165) is 5.30 Å². The van der Waals surface area contributed by atoms with Crippen molar-refractivity contribution in [3.8, 4) is 0 Å². The normalized spacial score (nSPS) is 17.0. The number of benzene rings is 2. The summed E-state index contributed by atoms with van der Waals surface area (Å²) in [5.74, 6) is -0.507. The van der Waals surface area contributed by atoms with Crippen molar-refractivity contribution in [2.75, 3.05) is 19.7 Å². The number of fused-ring (bicyclic) bond motifs is 1. The molecule has 7 nitrogen and oxygen atoms in total. The van der Waals surface area contributed by atoms with Gasteiger partial charge in [-0.2, -0.15) is 10.1 Å². The molecular formula is C24H25F2N4O3PS. The summed E-state index contributed by atoms with van der Waals surface area (Å²) in [6.45, 7) is 7.48. The van der Waals surface area contributed by atoms with E-state index in [1.807, 2.05) is 20.8 Å². The number of halogens is 2. The predicted molar refractivity (Wildman–Crippen MR) is 134 cm³/mol. The van der Waals surface area contributed by atoms with E-state index in [1.54, 1.807) is 16.8 Å². The molecule has 0 saturated heterocycles. The van der Waals surface area contributed by atoms with Crippen molar-refractivity contribution in [2.24, 2.45) is 4.99 Å². The van der Waals surface area contributed by atoms with E-state index in [-0.39, 0.29) is 24.5 Å². The summed E-state index contributed by atoms with van der Waals surface area (Å²) in [4.78, 5) is 17.0. The summed E-state index contributed by atoms with van der Waals surface area (Å²) in [6.07, 6.45) is -2.75. The van der Waals surface area contributed by atoms with Crippen LogP contribution in [0.15, 0.2) is 53.5 Å². The Morgan fingerprint density at radius 2 is 1.69 bits per heavy atom. The third-order valence-electron chi connectivity index (χ3n) is 5.58. The number of aromatic nitrogens is 2. The Morgan fingerprint density at radius 3 is 2.29 bits per heavy atom. The fourth-order valence-corrected chi connectivity index (χ4v) is 7.87. The SMILES string of the molecule is CCN(CC)P1(=S)OC(c2ccc(F)cc2)=Nc2c1c(C)nn2CCOC(=O)c1ccc(F)cc1. The van der Waals surface area contributed by atoms with E-state index in [2.05, 4.69) is 9.77 Å². The monoisotopic (exact) mass is 518 g/mol.